The molecular weight excluding hydrogens is 236 g/mol. The molecule has 2 unspecified atom stereocenters. The molecule has 0 amide bonds. The summed E-state index contributed by atoms with van der Waals surface area (Å²) in [6, 6.07) is 0. The zero-order valence-electron chi connectivity index (χ0n) is 11.2. The van der Waals surface area contributed by atoms with Crippen LogP contribution in [-0.4, -0.2) is 38.7 Å². The molecule has 0 saturated heterocycles. The van der Waals surface area contributed by atoms with Gasteiger partial charge < -0.3 is 14.9 Å². The molecule has 0 aromatic carbocycles. The second-order valence-electron chi connectivity index (χ2n) is 4.23. The molecule has 0 bridgehead atoms. The summed E-state index contributed by atoms with van der Waals surface area (Å²) in [5.41, 5.74) is 1.97. The lowest BCUT2D eigenvalue weighted by Gasteiger charge is -2.17. The first-order valence-corrected chi connectivity index (χ1v) is 5.90. The van der Waals surface area contributed by atoms with Crippen molar-refractivity contribution in [2.75, 3.05) is 6.61 Å². The molecule has 102 valence electrons. The van der Waals surface area contributed by atoms with E-state index in [9.17, 15) is 15.0 Å². The van der Waals surface area contributed by atoms with Gasteiger partial charge in [0, 0.05) is 18.3 Å². The second kappa shape index (κ2) is 5.97. The minimum Gasteiger partial charge on any atom is -0.466 e. The van der Waals surface area contributed by atoms with Gasteiger partial charge in [-0.05, 0) is 20.8 Å². The van der Waals surface area contributed by atoms with Gasteiger partial charge in [0.1, 0.15) is 6.10 Å². The van der Waals surface area contributed by atoms with Crippen LogP contribution in [0.15, 0.2) is 0 Å². The van der Waals surface area contributed by atoms with Crippen molar-refractivity contribution in [2.24, 2.45) is 7.05 Å². The van der Waals surface area contributed by atoms with E-state index in [1.54, 1.807) is 32.5 Å². The fourth-order valence-corrected chi connectivity index (χ4v) is 1.91. The Morgan fingerprint density at radius 1 is 1.44 bits per heavy atom. The molecule has 2 atom stereocenters. The summed E-state index contributed by atoms with van der Waals surface area (Å²) < 4.78 is 6.36. The quantitative estimate of drug-likeness (QED) is 0.744. The van der Waals surface area contributed by atoms with Crippen LogP contribution < -0.4 is 0 Å². The van der Waals surface area contributed by atoms with Gasteiger partial charge in [0.05, 0.1) is 24.8 Å². The zero-order chi connectivity index (χ0) is 13.9. The molecule has 1 rings (SSSR count). The highest BCUT2D eigenvalue weighted by Gasteiger charge is 2.27. The Morgan fingerprint density at radius 3 is 2.50 bits per heavy atom. The summed E-state index contributed by atoms with van der Waals surface area (Å²) in [6.07, 6.45) is -2.56. The van der Waals surface area contributed by atoms with Crippen molar-refractivity contribution in [3.63, 3.8) is 0 Å². The summed E-state index contributed by atoms with van der Waals surface area (Å²) in [5, 5.41) is 24.1. The number of rotatable bonds is 5. The van der Waals surface area contributed by atoms with Crippen molar-refractivity contribution in [1.29, 1.82) is 0 Å². The number of carbonyl (C=O) groups is 1. The number of aliphatic hydroxyl groups excluding tert-OH is 2. The molecule has 0 aliphatic rings. The molecular formula is C12H20N2O4. The van der Waals surface area contributed by atoms with E-state index in [0.29, 0.717) is 11.3 Å². The van der Waals surface area contributed by atoms with Gasteiger partial charge in [-0.25, -0.2) is 0 Å². The summed E-state index contributed by atoms with van der Waals surface area (Å²) in [6.45, 7) is 5.50. The predicted molar refractivity (Wildman–Crippen MR) is 64.9 cm³/mol. The van der Waals surface area contributed by atoms with Crippen LogP contribution >= 0.6 is 0 Å². The molecule has 6 nitrogen and oxygen atoms in total. The summed E-state index contributed by atoms with van der Waals surface area (Å²) in [4.78, 5) is 11.3. The molecule has 2 N–H and O–H groups in total. The topological polar surface area (TPSA) is 84.6 Å². The van der Waals surface area contributed by atoms with Gasteiger partial charge in [0.2, 0.25) is 0 Å². The second-order valence-corrected chi connectivity index (χ2v) is 4.23. The molecule has 0 saturated carbocycles. The number of hydrogen-bond donors (Lipinski definition) is 2. The van der Waals surface area contributed by atoms with Crippen LogP contribution in [0.1, 0.15) is 36.4 Å². The molecule has 18 heavy (non-hydrogen) atoms. The Labute approximate surface area is 106 Å². The maximum atomic E-state index is 11.3. The minimum absolute atomic E-state index is 0.233. The van der Waals surface area contributed by atoms with Crippen LogP contribution in [0.4, 0.5) is 0 Å². The van der Waals surface area contributed by atoms with Crippen LogP contribution in [0.5, 0.6) is 0 Å². The number of hydrogen-bond acceptors (Lipinski definition) is 5. The van der Waals surface area contributed by atoms with Crippen LogP contribution in [-0.2, 0) is 16.6 Å². The van der Waals surface area contributed by atoms with Crippen molar-refractivity contribution in [3.8, 4) is 0 Å². The third-order valence-electron chi connectivity index (χ3n) is 2.91. The number of nitrogens with zero attached hydrogens (tertiary/aromatic N) is 2. The zero-order valence-corrected chi connectivity index (χ0v) is 11.2. The predicted octanol–water partition coefficient (Wildman–Crippen LogP) is 0.384. The van der Waals surface area contributed by atoms with Gasteiger partial charge >= 0.3 is 5.97 Å². The highest BCUT2D eigenvalue weighted by Crippen LogP contribution is 2.25. The Balaban J connectivity index is 2.80. The first kappa shape index (κ1) is 14.7. The van der Waals surface area contributed by atoms with Gasteiger partial charge in [-0.2, -0.15) is 5.10 Å². The van der Waals surface area contributed by atoms with Crippen molar-refractivity contribution in [1.82, 2.24) is 9.78 Å². The van der Waals surface area contributed by atoms with E-state index in [-0.39, 0.29) is 13.0 Å². The normalized spacial score (nSPS) is 14.3. The highest BCUT2D eigenvalue weighted by molar-refractivity contribution is 5.70. The molecule has 1 aromatic heterocycles. The lowest BCUT2D eigenvalue weighted by atomic mass is 10.0. The molecule has 0 radical (unpaired) electrons. The van der Waals surface area contributed by atoms with Crippen molar-refractivity contribution >= 4 is 5.97 Å². The Kier molecular flexibility index (Phi) is 4.86. The summed E-state index contributed by atoms with van der Waals surface area (Å²) in [5.74, 6) is -0.525. The SMILES string of the molecule is CCOC(=O)CC(O)C(O)c1c(C)nn(C)c1C. The van der Waals surface area contributed by atoms with E-state index in [0.717, 1.165) is 5.69 Å². The lowest BCUT2D eigenvalue weighted by molar-refractivity contribution is -0.147. The molecule has 1 aromatic rings. The first-order valence-electron chi connectivity index (χ1n) is 5.90. The minimum atomic E-state index is -1.19. The smallest absolute Gasteiger partial charge is 0.308 e. The van der Waals surface area contributed by atoms with Gasteiger partial charge in [-0.1, -0.05) is 0 Å². The van der Waals surface area contributed by atoms with E-state index in [4.69, 9.17) is 4.74 Å². The van der Waals surface area contributed by atoms with Crippen molar-refractivity contribution < 1.29 is 19.7 Å². The van der Waals surface area contributed by atoms with Crippen LogP contribution in [0.3, 0.4) is 0 Å². The summed E-state index contributed by atoms with van der Waals surface area (Å²) in [7, 11) is 1.76. The van der Waals surface area contributed by atoms with Crippen molar-refractivity contribution in [3.05, 3.63) is 17.0 Å². The summed E-state index contributed by atoms with van der Waals surface area (Å²) >= 11 is 0. The third kappa shape index (κ3) is 3.08. The van der Waals surface area contributed by atoms with E-state index >= 15 is 0 Å². The molecule has 1 heterocycles. The molecule has 0 spiro atoms. The highest BCUT2D eigenvalue weighted by atomic mass is 16.5. The Hall–Kier alpha value is -1.40. The maximum absolute atomic E-state index is 11.3. The fraction of sp³-hybridized carbons (Fsp3) is 0.667. The first-order chi connectivity index (χ1) is 8.38. The fourth-order valence-electron chi connectivity index (χ4n) is 1.91. The number of aryl methyl sites for hydroxylation is 2. The third-order valence-corrected chi connectivity index (χ3v) is 2.91. The van der Waals surface area contributed by atoms with E-state index in [1.807, 2.05) is 0 Å². The average Bonchev–Trinajstić information content (AvgIpc) is 2.52. The molecule has 0 fully saturated rings. The molecule has 0 aliphatic carbocycles. The van der Waals surface area contributed by atoms with Gasteiger partial charge in [-0.15, -0.1) is 0 Å². The standard InChI is InChI=1S/C12H20N2O4/c1-5-18-10(16)6-9(15)12(17)11-7(2)13-14(4)8(11)3/h9,12,15,17H,5-6H2,1-4H3. The number of ether oxygens (including phenoxy) is 1. The van der Waals surface area contributed by atoms with Crippen LogP contribution in [0.2, 0.25) is 0 Å². The number of aromatic nitrogens is 2. The largest absolute Gasteiger partial charge is 0.466 e. The number of carbonyl (C=O) groups excluding carboxylic acids is 1. The van der Waals surface area contributed by atoms with Gasteiger partial charge in [0.25, 0.3) is 0 Å². The maximum Gasteiger partial charge on any atom is 0.308 e. The van der Waals surface area contributed by atoms with Gasteiger partial charge in [-0.3, -0.25) is 9.48 Å². The number of aliphatic hydroxyl groups is 2. The monoisotopic (exact) mass is 256 g/mol. The molecule has 6 heteroatoms. The van der Waals surface area contributed by atoms with Crippen LogP contribution in [0, 0.1) is 13.8 Å². The Bertz CT molecular complexity index is 428. The van der Waals surface area contributed by atoms with E-state index in [1.165, 1.54) is 0 Å². The molecule has 0 aliphatic heterocycles. The van der Waals surface area contributed by atoms with Crippen molar-refractivity contribution in [2.45, 2.75) is 39.4 Å². The van der Waals surface area contributed by atoms with Gasteiger partial charge in [0.15, 0.2) is 0 Å². The number of esters is 1. The van der Waals surface area contributed by atoms with E-state index in [2.05, 4.69) is 5.10 Å². The Morgan fingerprint density at radius 2 is 2.06 bits per heavy atom. The average molecular weight is 256 g/mol. The van der Waals surface area contributed by atoms with Crippen LogP contribution in [0.25, 0.3) is 0 Å². The van der Waals surface area contributed by atoms with E-state index < -0.39 is 18.2 Å². The lowest BCUT2D eigenvalue weighted by Crippen LogP contribution is -2.24.